The zero-order valence-electron chi connectivity index (χ0n) is 16.3. The lowest BCUT2D eigenvalue weighted by molar-refractivity contribution is 0.182. The second-order valence-corrected chi connectivity index (χ2v) is 7.33. The highest BCUT2D eigenvalue weighted by Gasteiger charge is 2.23. The lowest BCUT2D eigenvalue weighted by Gasteiger charge is -2.32. The molecule has 6 heteroatoms. The molecule has 0 unspecified atom stereocenters. The number of aryl methyl sites for hydroxylation is 1. The standard InChI is InChI=1S/C22H25N3O3/c1-15-23-20-14-18(6-7-21(20)28-15)24-22(26)25-10-8-16(9-11-25)12-17-4-3-5-19(13-17)27-2/h3-7,13-14,16H,8-12H2,1-2H3,(H,24,26). The number of aromatic nitrogens is 1. The summed E-state index contributed by atoms with van der Waals surface area (Å²) in [5.41, 5.74) is 3.52. The number of nitrogens with one attached hydrogen (secondary N) is 1. The van der Waals surface area contributed by atoms with Crippen LogP contribution in [0.25, 0.3) is 11.1 Å². The molecule has 1 aliphatic heterocycles. The largest absolute Gasteiger partial charge is 0.497 e. The normalized spacial score (nSPS) is 15.0. The van der Waals surface area contributed by atoms with Gasteiger partial charge in [-0.3, -0.25) is 0 Å². The number of oxazole rings is 1. The number of urea groups is 1. The third kappa shape index (κ3) is 4.11. The zero-order valence-corrected chi connectivity index (χ0v) is 16.3. The van der Waals surface area contributed by atoms with Gasteiger partial charge < -0.3 is 19.4 Å². The van der Waals surface area contributed by atoms with Gasteiger partial charge in [0, 0.05) is 25.7 Å². The number of benzene rings is 2. The van der Waals surface area contributed by atoms with Crippen LogP contribution in [0.4, 0.5) is 10.5 Å². The SMILES string of the molecule is COc1cccc(CC2CCN(C(=O)Nc3ccc4oc(C)nc4c3)CC2)c1. The van der Waals surface area contributed by atoms with Crippen molar-refractivity contribution in [1.29, 1.82) is 0 Å². The second kappa shape index (κ2) is 7.92. The van der Waals surface area contributed by atoms with Crippen molar-refractivity contribution >= 4 is 22.8 Å². The highest BCUT2D eigenvalue weighted by molar-refractivity contribution is 5.91. The maximum Gasteiger partial charge on any atom is 0.321 e. The predicted molar refractivity (Wildman–Crippen MR) is 109 cm³/mol. The Bertz CT molecular complexity index is 974. The Balaban J connectivity index is 1.31. The summed E-state index contributed by atoms with van der Waals surface area (Å²) in [5, 5.41) is 2.98. The Morgan fingerprint density at radius 2 is 2.07 bits per heavy atom. The molecule has 3 aromatic rings. The van der Waals surface area contributed by atoms with E-state index in [-0.39, 0.29) is 6.03 Å². The van der Waals surface area contributed by atoms with Crippen LogP contribution < -0.4 is 10.1 Å². The first-order valence-electron chi connectivity index (χ1n) is 9.67. The topological polar surface area (TPSA) is 67.6 Å². The summed E-state index contributed by atoms with van der Waals surface area (Å²) in [4.78, 5) is 18.8. The molecule has 28 heavy (non-hydrogen) atoms. The summed E-state index contributed by atoms with van der Waals surface area (Å²) >= 11 is 0. The highest BCUT2D eigenvalue weighted by Crippen LogP contribution is 2.25. The summed E-state index contributed by atoms with van der Waals surface area (Å²) in [7, 11) is 1.69. The van der Waals surface area contributed by atoms with Gasteiger partial charge in [-0.05, 0) is 61.1 Å². The van der Waals surface area contributed by atoms with Crippen molar-refractivity contribution in [3.63, 3.8) is 0 Å². The van der Waals surface area contributed by atoms with E-state index in [0.29, 0.717) is 11.8 Å². The molecule has 0 spiro atoms. The fourth-order valence-electron chi connectivity index (χ4n) is 3.80. The molecule has 0 atom stereocenters. The number of fused-ring (bicyclic) bond motifs is 1. The van der Waals surface area contributed by atoms with Crippen LogP contribution in [0.3, 0.4) is 0 Å². The minimum atomic E-state index is -0.0561. The van der Waals surface area contributed by atoms with E-state index >= 15 is 0 Å². The lowest BCUT2D eigenvalue weighted by atomic mass is 9.90. The Labute approximate surface area is 164 Å². The van der Waals surface area contributed by atoms with Crippen molar-refractivity contribution in [3.05, 3.63) is 53.9 Å². The molecule has 0 radical (unpaired) electrons. The minimum Gasteiger partial charge on any atom is -0.497 e. The van der Waals surface area contributed by atoms with Crippen LogP contribution in [0.2, 0.25) is 0 Å². The third-order valence-corrected chi connectivity index (χ3v) is 5.31. The molecule has 6 nitrogen and oxygen atoms in total. The van der Waals surface area contributed by atoms with Gasteiger partial charge in [0.25, 0.3) is 0 Å². The van der Waals surface area contributed by atoms with E-state index in [1.54, 1.807) is 7.11 Å². The van der Waals surface area contributed by atoms with E-state index in [1.807, 2.05) is 42.2 Å². The summed E-state index contributed by atoms with van der Waals surface area (Å²) < 4.78 is 10.8. The molecular weight excluding hydrogens is 354 g/mol. The molecule has 1 aromatic heterocycles. The van der Waals surface area contributed by atoms with Gasteiger partial charge in [0.05, 0.1) is 7.11 Å². The molecule has 0 saturated carbocycles. The van der Waals surface area contributed by atoms with Gasteiger partial charge in [-0.1, -0.05) is 12.1 Å². The molecule has 1 aliphatic rings. The monoisotopic (exact) mass is 379 g/mol. The van der Waals surface area contributed by atoms with Gasteiger partial charge in [0.15, 0.2) is 11.5 Å². The number of nitrogens with zero attached hydrogens (tertiary/aromatic N) is 2. The summed E-state index contributed by atoms with van der Waals surface area (Å²) in [6.07, 6.45) is 3.03. The Morgan fingerprint density at radius 3 is 2.86 bits per heavy atom. The molecule has 2 amide bonds. The number of piperidine rings is 1. The molecule has 2 aromatic carbocycles. The van der Waals surface area contributed by atoms with Crippen LogP contribution in [0.1, 0.15) is 24.3 Å². The van der Waals surface area contributed by atoms with Crippen LogP contribution in [0.5, 0.6) is 5.75 Å². The van der Waals surface area contributed by atoms with Crippen LogP contribution >= 0.6 is 0 Å². The van der Waals surface area contributed by atoms with Crippen molar-refractivity contribution in [2.45, 2.75) is 26.2 Å². The van der Waals surface area contributed by atoms with Crippen molar-refractivity contribution in [3.8, 4) is 5.75 Å². The van der Waals surface area contributed by atoms with Gasteiger partial charge in [0.2, 0.25) is 0 Å². The van der Waals surface area contributed by atoms with Gasteiger partial charge in [-0.2, -0.15) is 0 Å². The molecule has 4 rings (SSSR count). The Hall–Kier alpha value is -3.02. The fraction of sp³-hybridized carbons (Fsp3) is 0.364. The number of likely N-dealkylation sites (tertiary alicyclic amines) is 1. The number of rotatable bonds is 4. The van der Waals surface area contributed by atoms with E-state index < -0.39 is 0 Å². The minimum absolute atomic E-state index is 0.0561. The van der Waals surface area contributed by atoms with Gasteiger partial charge >= 0.3 is 6.03 Å². The predicted octanol–water partition coefficient (Wildman–Crippen LogP) is 4.63. The van der Waals surface area contributed by atoms with Crippen molar-refractivity contribution < 1.29 is 13.9 Å². The zero-order chi connectivity index (χ0) is 19.5. The summed E-state index contributed by atoms with van der Waals surface area (Å²) in [6, 6.07) is 13.7. The number of ether oxygens (including phenoxy) is 1. The van der Waals surface area contributed by atoms with Gasteiger partial charge in [-0.15, -0.1) is 0 Å². The summed E-state index contributed by atoms with van der Waals surface area (Å²) in [6.45, 7) is 3.35. The average molecular weight is 379 g/mol. The van der Waals surface area contributed by atoms with E-state index in [2.05, 4.69) is 22.4 Å². The van der Waals surface area contributed by atoms with E-state index in [1.165, 1.54) is 5.56 Å². The smallest absolute Gasteiger partial charge is 0.321 e. The highest BCUT2D eigenvalue weighted by atomic mass is 16.5. The Morgan fingerprint density at radius 1 is 1.25 bits per heavy atom. The molecular formula is C22H25N3O3. The second-order valence-electron chi connectivity index (χ2n) is 7.33. The number of hydrogen-bond acceptors (Lipinski definition) is 4. The maximum absolute atomic E-state index is 12.6. The van der Waals surface area contributed by atoms with E-state index in [4.69, 9.17) is 9.15 Å². The fourth-order valence-corrected chi connectivity index (χ4v) is 3.80. The first-order chi connectivity index (χ1) is 13.6. The number of carbonyl (C=O) groups is 1. The van der Waals surface area contributed by atoms with Crippen molar-refractivity contribution in [2.24, 2.45) is 5.92 Å². The van der Waals surface area contributed by atoms with E-state index in [0.717, 1.165) is 54.9 Å². The van der Waals surface area contributed by atoms with Crippen LogP contribution in [0, 0.1) is 12.8 Å². The number of methoxy groups -OCH3 is 1. The lowest BCUT2D eigenvalue weighted by Crippen LogP contribution is -2.41. The van der Waals surface area contributed by atoms with Crippen LogP contribution in [-0.2, 0) is 6.42 Å². The number of carbonyl (C=O) groups excluding carboxylic acids is 1. The molecule has 146 valence electrons. The quantitative estimate of drug-likeness (QED) is 0.718. The molecule has 2 heterocycles. The van der Waals surface area contributed by atoms with Crippen molar-refractivity contribution in [2.75, 3.05) is 25.5 Å². The van der Waals surface area contributed by atoms with Gasteiger partial charge in [0.1, 0.15) is 11.3 Å². The first kappa shape index (κ1) is 18.3. The molecule has 0 aliphatic carbocycles. The molecule has 1 saturated heterocycles. The maximum atomic E-state index is 12.6. The molecule has 1 N–H and O–H groups in total. The Kier molecular flexibility index (Phi) is 5.19. The van der Waals surface area contributed by atoms with E-state index in [9.17, 15) is 4.79 Å². The first-order valence-corrected chi connectivity index (χ1v) is 9.67. The molecule has 1 fully saturated rings. The van der Waals surface area contributed by atoms with Gasteiger partial charge in [-0.25, -0.2) is 9.78 Å². The molecule has 0 bridgehead atoms. The summed E-state index contributed by atoms with van der Waals surface area (Å²) in [5.74, 6) is 2.11. The van der Waals surface area contributed by atoms with Crippen molar-refractivity contribution in [1.82, 2.24) is 9.88 Å². The van der Waals surface area contributed by atoms with Crippen LogP contribution in [-0.4, -0.2) is 36.1 Å². The number of anilines is 1. The average Bonchev–Trinajstić information content (AvgIpc) is 3.08. The number of amides is 2. The third-order valence-electron chi connectivity index (χ3n) is 5.31. The van der Waals surface area contributed by atoms with Crippen LogP contribution in [0.15, 0.2) is 46.9 Å². The number of hydrogen-bond donors (Lipinski definition) is 1.